The third-order valence-electron chi connectivity index (χ3n) is 3.34. The molecule has 1 aliphatic rings. The highest BCUT2D eigenvalue weighted by molar-refractivity contribution is 6.30. The minimum Gasteiger partial charge on any atom is -0.468 e. The van der Waals surface area contributed by atoms with E-state index < -0.39 is 5.41 Å². The molecule has 1 atom stereocenters. The molecular formula is C14H15ClO2. The first-order chi connectivity index (χ1) is 8.19. The molecule has 0 saturated heterocycles. The van der Waals surface area contributed by atoms with Crippen LogP contribution in [0, 0.1) is 0 Å². The zero-order valence-corrected chi connectivity index (χ0v) is 10.5. The summed E-state index contributed by atoms with van der Waals surface area (Å²) in [6, 6.07) is 7.47. The molecule has 1 aliphatic carbocycles. The Balaban J connectivity index is 2.43. The molecule has 0 spiro atoms. The Morgan fingerprint density at radius 2 is 2.00 bits per heavy atom. The van der Waals surface area contributed by atoms with Gasteiger partial charge in [-0.25, -0.2) is 0 Å². The van der Waals surface area contributed by atoms with Crippen LogP contribution in [0.2, 0.25) is 5.02 Å². The van der Waals surface area contributed by atoms with Gasteiger partial charge in [0.05, 0.1) is 12.5 Å². The molecule has 2 nitrogen and oxygen atoms in total. The summed E-state index contributed by atoms with van der Waals surface area (Å²) in [6.07, 6.45) is 6.54. The third kappa shape index (κ3) is 2.22. The maximum absolute atomic E-state index is 12.1. The van der Waals surface area contributed by atoms with E-state index in [9.17, 15) is 4.79 Å². The van der Waals surface area contributed by atoms with E-state index in [-0.39, 0.29) is 5.97 Å². The van der Waals surface area contributed by atoms with Crippen molar-refractivity contribution in [2.24, 2.45) is 0 Å². The van der Waals surface area contributed by atoms with Crippen molar-refractivity contribution < 1.29 is 9.53 Å². The zero-order chi connectivity index (χ0) is 12.3. The SMILES string of the molecule is COC(=O)C1(c2ccc(Cl)cc2)CC=CCC1. The van der Waals surface area contributed by atoms with Crippen molar-refractivity contribution in [2.75, 3.05) is 7.11 Å². The van der Waals surface area contributed by atoms with Gasteiger partial charge in [-0.1, -0.05) is 35.9 Å². The first kappa shape index (κ1) is 12.2. The Labute approximate surface area is 106 Å². The molecule has 1 aromatic carbocycles. The van der Waals surface area contributed by atoms with E-state index in [0.29, 0.717) is 11.4 Å². The van der Waals surface area contributed by atoms with Gasteiger partial charge in [-0.3, -0.25) is 4.79 Å². The highest BCUT2D eigenvalue weighted by atomic mass is 35.5. The van der Waals surface area contributed by atoms with Gasteiger partial charge in [-0.05, 0) is 37.0 Å². The lowest BCUT2D eigenvalue weighted by atomic mass is 9.72. The van der Waals surface area contributed by atoms with Crippen molar-refractivity contribution in [1.82, 2.24) is 0 Å². The Hall–Kier alpha value is -1.28. The van der Waals surface area contributed by atoms with Gasteiger partial charge < -0.3 is 4.74 Å². The van der Waals surface area contributed by atoms with Crippen LogP contribution in [-0.2, 0) is 14.9 Å². The first-order valence-corrected chi connectivity index (χ1v) is 6.06. The van der Waals surface area contributed by atoms with Crippen molar-refractivity contribution in [3.05, 3.63) is 47.0 Å². The molecule has 0 aliphatic heterocycles. The standard InChI is InChI=1S/C14H15ClO2/c1-17-13(16)14(9-3-2-4-10-14)11-5-7-12(15)8-6-11/h2-3,5-8H,4,9-10H2,1H3. The van der Waals surface area contributed by atoms with E-state index in [4.69, 9.17) is 16.3 Å². The van der Waals surface area contributed by atoms with E-state index in [1.54, 1.807) is 0 Å². The van der Waals surface area contributed by atoms with Crippen LogP contribution in [0.25, 0.3) is 0 Å². The number of allylic oxidation sites excluding steroid dienone is 2. The van der Waals surface area contributed by atoms with Crippen LogP contribution in [-0.4, -0.2) is 13.1 Å². The summed E-state index contributed by atoms with van der Waals surface area (Å²) in [5.74, 6) is -0.163. The summed E-state index contributed by atoms with van der Waals surface area (Å²) in [5.41, 5.74) is 0.451. The number of carbonyl (C=O) groups is 1. The molecule has 1 aromatic rings. The maximum atomic E-state index is 12.1. The number of hydrogen-bond donors (Lipinski definition) is 0. The van der Waals surface area contributed by atoms with Gasteiger partial charge in [0, 0.05) is 5.02 Å². The number of esters is 1. The highest BCUT2D eigenvalue weighted by Gasteiger charge is 2.40. The molecule has 90 valence electrons. The van der Waals surface area contributed by atoms with Gasteiger partial charge in [0.1, 0.15) is 0 Å². The van der Waals surface area contributed by atoms with E-state index in [1.807, 2.05) is 24.3 Å². The van der Waals surface area contributed by atoms with Crippen molar-refractivity contribution in [3.8, 4) is 0 Å². The van der Waals surface area contributed by atoms with Gasteiger partial charge in [-0.15, -0.1) is 0 Å². The van der Waals surface area contributed by atoms with Crippen LogP contribution in [0.4, 0.5) is 0 Å². The average Bonchev–Trinajstić information content (AvgIpc) is 2.39. The fourth-order valence-electron chi connectivity index (χ4n) is 2.36. The molecule has 0 heterocycles. The number of benzene rings is 1. The number of methoxy groups -OCH3 is 1. The normalized spacial score (nSPS) is 23.4. The number of ether oxygens (including phenoxy) is 1. The van der Waals surface area contributed by atoms with Crippen LogP contribution in [0.3, 0.4) is 0 Å². The summed E-state index contributed by atoms with van der Waals surface area (Å²) < 4.78 is 4.97. The summed E-state index contributed by atoms with van der Waals surface area (Å²) in [4.78, 5) is 12.1. The Morgan fingerprint density at radius 3 is 2.53 bits per heavy atom. The minimum atomic E-state index is -0.534. The van der Waals surface area contributed by atoms with Crippen LogP contribution in [0.1, 0.15) is 24.8 Å². The number of rotatable bonds is 2. The van der Waals surface area contributed by atoms with Gasteiger partial charge in [-0.2, -0.15) is 0 Å². The molecule has 0 aromatic heterocycles. The van der Waals surface area contributed by atoms with Crippen LogP contribution in [0.5, 0.6) is 0 Å². The lowest BCUT2D eigenvalue weighted by Crippen LogP contribution is -2.37. The molecule has 0 saturated carbocycles. The van der Waals surface area contributed by atoms with Gasteiger partial charge >= 0.3 is 5.97 Å². The van der Waals surface area contributed by atoms with Gasteiger partial charge in [0.15, 0.2) is 0 Å². The van der Waals surface area contributed by atoms with Crippen molar-refractivity contribution in [3.63, 3.8) is 0 Å². The molecule has 2 rings (SSSR count). The topological polar surface area (TPSA) is 26.3 Å². The molecule has 0 radical (unpaired) electrons. The quantitative estimate of drug-likeness (QED) is 0.593. The summed E-state index contributed by atoms with van der Waals surface area (Å²) >= 11 is 5.88. The largest absolute Gasteiger partial charge is 0.468 e. The second-order valence-corrected chi connectivity index (χ2v) is 4.73. The average molecular weight is 251 g/mol. The van der Waals surface area contributed by atoms with E-state index >= 15 is 0 Å². The van der Waals surface area contributed by atoms with Crippen molar-refractivity contribution >= 4 is 17.6 Å². The van der Waals surface area contributed by atoms with E-state index in [1.165, 1.54) is 7.11 Å². The Bertz CT molecular complexity index is 436. The lowest BCUT2D eigenvalue weighted by Gasteiger charge is -2.32. The van der Waals surface area contributed by atoms with E-state index in [0.717, 1.165) is 18.4 Å². The van der Waals surface area contributed by atoms with Crippen LogP contribution in [0.15, 0.2) is 36.4 Å². The molecule has 0 bridgehead atoms. The Kier molecular flexibility index (Phi) is 3.53. The van der Waals surface area contributed by atoms with Gasteiger partial charge in [0.25, 0.3) is 0 Å². The molecule has 1 unspecified atom stereocenters. The monoisotopic (exact) mass is 250 g/mol. The molecule has 17 heavy (non-hydrogen) atoms. The first-order valence-electron chi connectivity index (χ1n) is 5.68. The molecule has 0 amide bonds. The van der Waals surface area contributed by atoms with Crippen molar-refractivity contribution in [1.29, 1.82) is 0 Å². The number of halogens is 1. The molecular weight excluding hydrogens is 236 g/mol. The highest BCUT2D eigenvalue weighted by Crippen LogP contribution is 2.38. The number of hydrogen-bond acceptors (Lipinski definition) is 2. The predicted octanol–water partition coefficient (Wildman–Crippen LogP) is 3.49. The fourth-order valence-corrected chi connectivity index (χ4v) is 2.49. The lowest BCUT2D eigenvalue weighted by molar-refractivity contribution is -0.148. The number of carbonyl (C=O) groups excluding carboxylic acids is 1. The summed E-state index contributed by atoms with van der Waals surface area (Å²) in [6.45, 7) is 0. The zero-order valence-electron chi connectivity index (χ0n) is 9.78. The molecule has 3 heteroatoms. The smallest absolute Gasteiger partial charge is 0.316 e. The Morgan fingerprint density at radius 1 is 1.29 bits per heavy atom. The maximum Gasteiger partial charge on any atom is 0.316 e. The summed E-state index contributed by atoms with van der Waals surface area (Å²) in [7, 11) is 1.44. The molecule has 0 fully saturated rings. The fraction of sp³-hybridized carbons (Fsp3) is 0.357. The molecule has 0 N–H and O–H groups in total. The summed E-state index contributed by atoms with van der Waals surface area (Å²) in [5, 5.41) is 0.681. The third-order valence-corrected chi connectivity index (χ3v) is 3.60. The van der Waals surface area contributed by atoms with Gasteiger partial charge in [0.2, 0.25) is 0 Å². The van der Waals surface area contributed by atoms with Crippen molar-refractivity contribution in [2.45, 2.75) is 24.7 Å². The van der Waals surface area contributed by atoms with E-state index in [2.05, 4.69) is 12.2 Å². The second-order valence-electron chi connectivity index (χ2n) is 4.29. The van der Waals surface area contributed by atoms with Crippen LogP contribution < -0.4 is 0 Å². The predicted molar refractivity (Wildman–Crippen MR) is 68.1 cm³/mol. The second kappa shape index (κ2) is 4.92. The van der Waals surface area contributed by atoms with Crippen LogP contribution >= 0.6 is 11.6 Å². The minimum absolute atomic E-state index is 0.163.